The molecule has 6 heteroatoms. The van der Waals surface area contributed by atoms with E-state index in [9.17, 15) is 10.1 Å². The average Bonchev–Trinajstić information content (AvgIpc) is 2.63. The molecule has 5 nitrogen and oxygen atoms in total. The van der Waals surface area contributed by atoms with Gasteiger partial charge in [0.25, 0.3) is 0 Å². The van der Waals surface area contributed by atoms with Gasteiger partial charge in [0.15, 0.2) is 0 Å². The second-order valence-electron chi connectivity index (χ2n) is 4.21. The number of nitro groups is 1. The summed E-state index contributed by atoms with van der Waals surface area (Å²) in [6.07, 6.45) is 0.653. The zero-order valence-corrected chi connectivity index (χ0v) is 10.2. The van der Waals surface area contributed by atoms with Gasteiger partial charge < -0.3 is 10.4 Å². The third-order valence-corrected chi connectivity index (χ3v) is 3.34. The van der Waals surface area contributed by atoms with E-state index >= 15 is 0 Å². The van der Waals surface area contributed by atoms with Crippen LogP contribution in [0.15, 0.2) is 12.1 Å². The molecule has 1 aromatic heterocycles. The summed E-state index contributed by atoms with van der Waals surface area (Å²) in [5.74, 6) is 0. The van der Waals surface area contributed by atoms with E-state index in [1.165, 1.54) is 17.4 Å². The van der Waals surface area contributed by atoms with E-state index in [1.54, 1.807) is 6.07 Å². The summed E-state index contributed by atoms with van der Waals surface area (Å²) in [5.41, 5.74) is -0.159. The number of aliphatic hydroxyl groups is 1. The molecule has 0 amide bonds. The maximum absolute atomic E-state index is 10.5. The Kier molecular flexibility index (Phi) is 4.40. The van der Waals surface area contributed by atoms with Crippen molar-refractivity contribution in [3.05, 3.63) is 27.1 Å². The van der Waals surface area contributed by atoms with Gasteiger partial charge in [0.05, 0.1) is 4.92 Å². The van der Waals surface area contributed by atoms with Gasteiger partial charge in [-0.1, -0.05) is 11.3 Å². The summed E-state index contributed by atoms with van der Waals surface area (Å²) < 4.78 is 0. The molecule has 0 aliphatic heterocycles. The highest BCUT2D eigenvalue weighted by Crippen LogP contribution is 2.24. The molecule has 90 valence electrons. The summed E-state index contributed by atoms with van der Waals surface area (Å²) in [6, 6.07) is 3.27. The first-order chi connectivity index (χ1) is 7.44. The summed E-state index contributed by atoms with van der Waals surface area (Å²) in [7, 11) is 0. The quantitative estimate of drug-likeness (QED) is 0.592. The molecule has 0 bridgehead atoms. The van der Waals surface area contributed by atoms with Crippen molar-refractivity contribution in [2.24, 2.45) is 0 Å². The van der Waals surface area contributed by atoms with Crippen LogP contribution >= 0.6 is 11.3 Å². The fourth-order valence-electron chi connectivity index (χ4n) is 1.25. The minimum atomic E-state index is -0.382. The number of nitrogens with zero attached hydrogens (tertiary/aromatic N) is 1. The van der Waals surface area contributed by atoms with Crippen LogP contribution in [0.3, 0.4) is 0 Å². The van der Waals surface area contributed by atoms with E-state index in [2.05, 4.69) is 5.32 Å². The molecule has 0 aliphatic rings. The predicted molar refractivity (Wildman–Crippen MR) is 63.6 cm³/mol. The van der Waals surface area contributed by atoms with Gasteiger partial charge in [-0.05, 0) is 26.3 Å². The zero-order chi connectivity index (χ0) is 12.2. The van der Waals surface area contributed by atoms with E-state index in [0.717, 1.165) is 4.88 Å². The Labute approximate surface area is 98.3 Å². The highest BCUT2D eigenvalue weighted by Gasteiger charge is 2.17. The number of nitrogens with one attached hydrogen (secondary N) is 1. The van der Waals surface area contributed by atoms with Crippen molar-refractivity contribution in [3.63, 3.8) is 0 Å². The van der Waals surface area contributed by atoms with Crippen LogP contribution in [0.25, 0.3) is 0 Å². The Balaban J connectivity index is 2.51. The van der Waals surface area contributed by atoms with Crippen molar-refractivity contribution < 1.29 is 10.0 Å². The number of aliphatic hydroxyl groups excluding tert-OH is 1. The maximum atomic E-state index is 10.5. The van der Waals surface area contributed by atoms with Crippen LogP contribution in [-0.4, -0.2) is 22.2 Å². The molecular formula is C10H16N2O3S. The van der Waals surface area contributed by atoms with Crippen LogP contribution in [-0.2, 0) is 6.54 Å². The van der Waals surface area contributed by atoms with Crippen LogP contribution in [0, 0.1) is 10.1 Å². The molecule has 0 saturated heterocycles. The van der Waals surface area contributed by atoms with E-state index in [4.69, 9.17) is 5.11 Å². The Morgan fingerprint density at radius 2 is 2.25 bits per heavy atom. The number of thiophene rings is 1. The lowest BCUT2D eigenvalue weighted by molar-refractivity contribution is -0.380. The Bertz CT molecular complexity index is 363. The fourth-order valence-corrected chi connectivity index (χ4v) is 2.01. The molecule has 0 spiro atoms. The van der Waals surface area contributed by atoms with Crippen LogP contribution in [0.4, 0.5) is 5.00 Å². The topological polar surface area (TPSA) is 75.4 Å². The van der Waals surface area contributed by atoms with E-state index in [0.29, 0.717) is 13.0 Å². The molecule has 2 N–H and O–H groups in total. The normalized spacial score (nSPS) is 11.7. The zero-order valence-electron chi connectivity index (χ0n) is 9.40. The molecule has 1 aromatic rings. The minimum absolute atomic E-state index is 0.130. The summed E-state index contributed by atoms with van der Waals surface area (Å²) in [5, 5.41) is 22.7. The fraction of sp³-hybridized carbons (Fsp3) is 0.600. The lowest BCUT2D eigenvalue weighted by atomic mass is 10.0. The number of hydrogen-bond acceptors (Lipinski definition) is 5. The molecule has 0 fully saturated rings. The molecule has 1 rings (SSSR count). The van der Waals surface area contributed by atoms with Gasteiger partial charge in [-0.3, -0.25) is 10.1 Å². The SMILES string of the molecule is CC(C)(CCO)NCc1ccc([N+](=O)[O-])s1. The number of rotatable bonds is 6. The predicted octanol–water partition coefficient (Wildman–Crippen LogP) is 1.91. The average molecular weight is 244 g/mol. The van der Waals surface area contributed by atoms with Gasteiger partial charge in [0.1, 0.15) is 0 Å². The maximum Gasteiger partial charge on any atom is 0.324 e. The highest BCUT2D eigenvalue weighted by molar-refractivity contribution is 7.15. The molecule has 0 atom stereocenters. The molecule has 0 saturated carbocycles. The van der Waals surface area contributed by atoms with Crippen LogP contribution in [0.5, 0.6) is 0 Å². The summed E-state index contributed by atoms with van der Waals surface area (Å²) in [4.78, 5) is 11.0. The second-order valence-corrected chi connectivity index (χ2v) is 5.35. The first-order valence-electron chi connectivity index (χ1n) is 5.03. The van der Waals surface area contributed by atoms with Gasteiger partial charge in [-0.25, -0.2) is 0 Å². The third kappa shape index (κ3) is 3.88. The van der Waals surface area contributed by atoms with Gasteiger partial charge >= 0.3 is 5.00 Å². The van der Waals surface area contributed by atoms with Gasteiger partial charge in [-0.2, -0.15) is 0 Å². The monoisotopic (exact) mass is 244 g/mol. The van der Waals surface area contributed by atoms with Crippen molar-refractivity contribution in [1.29, 1.82) is 0 Å². The molecule has 0 radical (unpaired) electrons. The molecule has 0 unspecified atom stereocenters. The van der Waals surface area contributed by atoms with Gasteiger partial charge in [0.2, 0.25) is 0 Å². The minimum Gasteiger partial charge on any atom is -0.396 e. The Morgan fingerprint density at radius 3 is 2.75 bits per heavy atom. The van der Waals surface area contributed by atoms with Crippen molar-refractivity contribution in [2.75, 3.05) is 6.61 Å². The van der Waals surface area contributed by atoms with Gasteiger partial charge in [0, 0.05) is 29.6 Å². The highest BCUT2D eigenvalue weighted by atomic mass is 32.1. The first-order valence-corrected chi connectivity index (χ1v) is 5.85. The van der Waals surface area contributed by atoms with Crippen molar-refractivity contribution >= 4 is 16.3 Å². The third-order valence-electron chi connectivity index (χ3n) is 2.31. The molecule has 0 aromatic carbocycles. The van der Waals surface area contributed by atoms with Crippen molar-refractivity contribution in [3.8, 4) is 0 Å². The van der Waals surface area contributed by atoms with E-state index in [-0.39, 0.29) is 22.1 Å². The summed E-state index contributed by atoms with van der Waals surface area (Å²) in [6.45, 7) is 4.70. The first kappa shape index (κ1) is 13.1. The van der Waals surface area contributed by atoms with E-state index < -0.39 is 0 Å². The van der Waals surface area contributed by atoms with Crippen molar-refractivity contribution in [1.82, 2.24) is 5.32 Å². The molecule has 1 heterocycles. The molecule has 16 heavy (non-hydrogen) atoms. The standard InChI is InChI=1S/C10H16N2O3S/c1-10(2,5-6-13)11-7-8-3-4-9(16-8)12(14)15/h3-4,11,13H,5-7H2,1-2H3. The Morgan fingerprint density at radius 1 is 1.56 bits per heavy atom. The van der Waals surface area contributed by atoms with Gasteiger partial charge in [-0.15, -0.1) is 0 Å². The van der Waals surface area contributed by atoms with Crippen molar-refractivity contribution in [2.45, 2.75) is 32.4 Å². The molecule has 0 aliphatic carbocycles. The lowest BCUT2D eigenvalue weighted by Gasteiger charge is -2.24. The van der Waals surface area contributed by atoms with Crippen LogP contribution in [0.1, 0.15) is 25.1 Å². The summed E-state index contributed by atoms with van der Waals surface area (Å²) >= 11 is 1.18. The smallest absolute Gasteiger partial charge is 0.324 e. The second kappa shape index (κ2) is 5.38. The molecular weight excluding hydrogens is 228 g/mol. The van der Waals surface area contributed by atoms with E-state index in [1.807, 2.05) is 13.8 Å². The van der Waals surface area contributed by atoms with Crippen LogP contribution in [0.2, 0.25) is 0 Å². The Hall–Kier alpha value is -0.980. The van der Waals surface area contributed by atoms with Crippen LogP contribution < -0.4 is 5.32 Å². The lowest BCUT2D eigenvalue weighted by Crippen LogP contribution is -2.39. The largest absolute Gasteiger partial charge is 0.396 e. The number of hydrogen-bond donors (Lipinski definition) is 2.